The third kappa shape index (κ3) is 5.42. The third-order valence-electron chi connectivity index (χ3n) is 6.03. The van der Waals surface area contributed by atoms with Gasteiger partial charge in [0.15, 0.2) is 0 Å². The SMILES string of the molecule is COc1ccc(C(=O)N2CCc3ccc(NC(=O)CN(C)S(=O)(=O)c4cc(F)ccc4OC)cc32)cc1. The van der Waals surface area contributed by atoms with E-state index in [2.05, 4.69) is 5.32 Å². The van der Waals surface area contributed by atoms with Gasteiger partial charge in [0.25, 0.3) is 5.91 Å². The predicted octanol–water partition coefficient (Wildman–Crippen LogP) is 3.31. The standard InChI is InChI=1S/C26H26FN3O6S/c1-29(37(33,34)24-14-19(27)7-11-23(24)36-3)16-25(31)28-20-8-4-17-12-13-30(22(17)15-20)26(32)18-5-9-21(35-2)10-6-18/h4-11,14-15H,12-13,16H2,1-3H3,(H,28,31). The van der Waals surface area contributed by atoms with E-state index in [-0.39, 0.29) is 16.6 Å². The second-order valence-corrected chi connectivity index (χ2v) is 10.4. The molecule has 0 bridgehead atoms. The number of rotatable bonds is 8. The zero-order valence-corrected chi connectivity index (χ0v) is 21.3. The van der Waals surface area contributed by atoms with Crippen LogP contribution in [0.4, 0.5) is 15.8 Å². The summed E-state index contributed by atoms with van der Waals surface area (Å²) in [6.07, 6.45) is 0.669. The largest absolute Gasteiger partial charge is 0.497 e. The van der Waals surface area contributed by atoms with E-state index in [0.717, 1.165) is 22.0 Å². The van der Waals surface area contributed by atoms with E-state index in [1.165, 1.54) is 20.2 Å². The molecule has 37 heavy (non-hydrogen) atoms. The van der Waals surface area contributed by atoms with Crippen LogP contribution in [-0.4, -0.2) is 58.9 Å². The summed E-state index contributed by atoms with van der Waals surface area (Å²) in [6, 6.07) is 15.1. The highest BCUT2D eigenvalue weighted by Crippen LogP contribution is 2.32. The lowest BCUT2D eigenvalue weighted by atomic mass is 10.1. The van der Waals surface area contributed by atoms with Gasteiger partial charge in [-0.1, -0.05) is 6.07 Å². The molecular formula is C26H26FN3O6S. The number of ether oxygens (including phenoxy) is 2. The second-order valence-electron chi connectivity index (χ2n) is 8.38. The number of fused-ring (bicyclic) bond motifs is 1. The first-order valence-electron chi connectivity index (χ1n) is 11.3. The van der Waals surface area contributed by atoms with E-state index in [1.54, 1.807) is 48.4 Å². The van der Waals surface area contributed by atoms with Crippen LogP contribution in [0.25, 0.3) is 0 Å². The molecule has 4 rings (SSSR count). The molecule has 1 heterocycles. The molecule has 0 atom stereocenters. The van der Waals surface area contributed by atoms with Gasteiger partial charge in [-0.15, -0.1) is 0 Å². The zero-order valence-electron chi connectivity index (χ0n) is 20.5. The molecule has 0 saturated carbocycles. The van der Waals surface area contributed by atoms with Crippen molar-refractivity contribution in [2.75, 3.05) is 44.6 Å². The Kier molecular flexibility index (Phi) is 7.46. The normalized spacial score (nSPS) is 12.8. The topological polar surface area (TPSA) is 105 Å². The average Bonchev–Trinajstić information content (AvgIpc) is 3.31. The summed E-state index contributed by atoms with van der Waals surface area (Å²) in [5.41, 5.74) is 2.54. The van der Waals surface area contributed by atoms with Crippen LogP contribution in [0.5, 0.6) is 11.5 Å². The van der Waals surface area contributed by atoms with Crippen LogP contribution in [0, 0.1) is 5.82 Å². The van der Waals surface area contributed by atoms with Gasteiger partial charge in [0, 0.05) is 30.5 Å². The van der Waals surface area contributed by atoms with Gasteiger partial charge in [-0.25, -0.2) is 12.8 Å². The maximum atomic E-state index is 13.7. The van der Waals surface area contributed by atoms with E-state index in [1.807, 2.05) is 6.07 Å². The lowest BCUT2D eigenvalue weighted by molar-refractivity contribution is -0.116. The average molecular weight is 528 g/mol. The molecular weight excluding hydrogens is 501 g/mol. The molecule has 1 aliphatic rings. The maximum absolute atomic E-state index is 13.7. The first-order valence-corrected chi connectivity index (χ1v) is 12.8. The quantitative estimate of drug-likeness (QED) is 0.482. The number of methoxy groups -OCH3 is 2. The van der Waals surface area contributed by atoms with Gasteiger partial charge < -0.3 is 19.7 Å². The number of carbonyl (C=O) groups is 2. The zero-order chi connectivity index (χ0) is 26.7. The van der Waals surface area contributed by atoms with Gasteiger partial charge in [0.2, 0.25) is 15.9 Å². The van der Waals surface area contributed by atoms with Crippen molar-refractivity contribution < 1.29 is 31.9 Å². The van der Waals surface area contributed by atoms with E-state index in [9.17, 15) is 22.4 Å². The fourth-order valence-corrected chi connectivity index (χ4v) is 5.36. The van der Waals surface area contributed by atoms with Crippen molar-refractivity contribution in [3.63, 3.8) is 0 Å². The van der Waals surface area contributed by atoms with Crippen LogP contribution in [0.3, 0.4) is 0 Å². The van der Waals surface area contributed by atoms with Crippen LogP contribution < -0.4 is 19.7 Å². The Morgan fingerprint density at radius 1 is 1.03 bits per heavy atom. The monoisotopic (exact) mass is 527 g/mol. The highest BCUT2D eigenvalue weighted by molar-refractivity contribution is 7.89. The van der Waals surface area contributed by atoms with E-state index in [0.29, 0.717) is 35.7 Å². The highest BCUT2D eigenvalue weighted by Gasteiger charge is 2.28. The minimum absolute atomic E-state index is 0.0334. The van der Waals surface area contributed by atoms with Crippen molar-refractivity contribution in [3.8, 4) is 11.5 Å². The van der Waals surface area contributed by atoms with Crippen LogP contribution >= 0.6 is 0 Å². The molecule has 9 nitrogen and oxygen atoms in total. The van der Waals surface area contributed by atoms with Crippen molar-refractivity contribution in [2.45, 2.75) is 11.3 Å². The van der Waals surface area contributed by atoms with Crippen LogP contribution in [0.1, 0.15) is 15.9 Å². The first kappa shape index (κ1) is 26.1. The number of sulfonamides is 1. The van der Waals surface area contributed by atoms with Crippen molar-refractivity contribution in [1.82, 2.24) is 4.31 Å². The minimum atomic E-state index is -4.21. The molecule has 1 N–H and O–H groups in total. The molecule has 0 aliphatic carbocycles. The number of carbonyl (C=O) groups excluding carboxylic acids is 2. The van der Waals surface area contributed by atoms with Crippen LogP contribution in [-0.2, 0) is 21.2 Å². The van der Waals surface area contributed by atoms with Crippen molar-refractivity contribution in [3.05, 3.63) is 77.6 Å². The number of hydrogen-bond acceptors (Lipinski definition) is 6. The number of benzene rings is 3. The smallest absolute Gasteiger partial charge is 0.258 e. The number of nitrogens with zero attached hydrogens (tertiary/aromatic N) is 2. The molecule has 0 fully saturated rings. The van der Waals surface area contributed by atoms with Crippen molar-refractivity contribution >= 4 is 33.2 Å². The molecule has 1 aliphatic heterocycles. The Balaban J connectivity index is 1.48. The number of likely N-dealkylation sites (N-methyl/N-ethyl adjacent to an activating group) is 1. The minimum Gasteiger partial charge on any atom is -0.497 e. The molecule has 3 aromatic carbocycles. The number of anilines is 2. The fraction of sp³-hybridized carbons (Fsp3) is 0.231. The lowest BCUT2D eigenvalue weighted by Gasteiger charge is -2.20. The molecule has 0 radical (unpaired) electrons. The Morgan fingerprint density at radius 3 is 2.43 bits per heavy atom. The van der Waals surface area contributed by atoms with Crippen molar-refractivity contribution in [2.24, 2.45) is 0 Å². The fourth-order valence-electron chi connectivity index (χ4n) is 4.07. The lowest BCUT2D eigenvalue weighted by Crippen LogP contribution is -2.35. The van der Waals surface area contributed by atoms with E-state index < -0.39 is 28.3 Å². The molecule has 194 valence electrons. The summed E-state index contributed by atoms with van der Waals surface area (Å²) in [7, 11) is -0.168. The maximum Gasteiger partial charge on any atom is 0.258 e. The van der Waals surface area contributed by atoms with Gasteiger partial charge in [-0.2, -0.15) is 4.31 Å². The van der Waals surface area contributed by atoms with Gasteiger partial charge in [-0.3, -0.25) is 9.59 Å². The third-order valence-corrected chi connectivity index (χ3v) is 7.85. The number of hydrogen-bond donors (Lipinski definition) is 1. The summed E-state index contributed by atoms with van der Waals surface area (Å²) in [6.45, 7) is -0.0262. The van der Waals surface area contributed by atoms with E-state index in [4.69, 9.17) is 9.47 Å². The Bertz CT molecular complexity index is 1440. The van der Waals surface area contributed by atoms with Gasteiger partial charge in [0.05, 0.1) is 20.8 Å². The number of nitrogens with one attached hydrogen (secondary N) is 1. The number of halogens is 1. The molecule has 0 saturated heterocycles. The Hall–Kier alpha value is -3.96. The van der Waals surface area contributed by atoms with Crippen LogP contribution in [0.15, 0.2) is 65.6 Å². The molecule has 0 aromatic heterocycles. The summed E-state index contributed by atoms with van der Waals surface area (Å²) >= 11 is 0. The number of amides is 2. The van der Waals surface area contributed by atoms with E-state index >= 15 is 0 Å². The van der Waals surface area contributed by atoms with Gasteiger partial charge >= 0.3 is 0 Å². The molecule has 0 spiro atoms. The second kappa shape index (κ2) is 10.6. The Labute approximate surface area is 214 Å². The molecule has 2 amide bonds. The van der Waals surface area contributed by atoms with Crippen LogP contribution in [0.2, 0.25) is 0 Å². The Morgan fingerprint density at radius 2 is 1.76 bits per heavy atom. The summed E-state index contributed by atoms with van der Waals surface area (Å²) in [5, 5.41) is 2.68. The molecule has 3 aromatic rings. The summed E-state index contributed by atoms with van der Waals surface area (Å²) in [5.74, 6) is -0.920. The predicted molar refractivity (Wildman–Crippen MR) is 136 cm³/mol. The molecule has 0 unspecified atom stereocenters. The summed E-state index contributed by atoms with van der Waals surface area (Å²) in [4.78, 5) is 27.1. The molecule has 11 heteroatoms. The summed E-state index contributed by atoms with van der Waals surface area (Å²) < 4.78 is 50.6. The van der Waals surface area contributed by atoms with Gasteiger partial charge in [0.1, 0.15) is 22.2 Å². The first-order chi connectivity index (χ1) is 17.6. The van der Waals surface area contributed by atoms with Crippen molar-refractivity contribution in [1.29, 1.82) is 0 Å². The highest BCUT2D eigenvalue weighted by atomic mass is 32.2. The van der Waals surface area contributed by atoms with Gasteiger partial charge in [-0.05, 0) is 66.6 Å².